The zero-order valence-electron chi connectivity index (χ0n) is 16.2. The molecule has 0 radical (unpaired) electrons. The summed E-state index contributed by atoms with van der Waals surface area (Å²) in [7, 11) is 4.54. The lowest BCUT2D eigenvalue weighted by atomic mass is 10.1. The number of methoxy groups -OCH3 is 2. The van der Waals surface area contributed by atoms with E-state index in [0.717, 1.165) is 0 Å². The van der Waals surface area contributed by atoms with Crippen molar-refractivity contribution in [1.29, 1.82) is 0 Å². The summed E-state index contributed by atoms with van der Waals surface area (Å²) in [5.74, 6) is 0.774. The van der Waals surface area contributed by atoms with Crippen LogP contribution in [0.2, 0.25) is 5.02 Å². The minimum Gasteiger partial charge on any atom is -0.495 e. The second-order valence-electron chi connectivity index (χ2n) is 5.85. The Morgan fingerprint density at radius 2 is 1.71 bits per heavy atom. The van der Waals surface area contributed by atoms with Gasteiger partial charge in [-0.2, -0.15) is 0 Å². The molecule has 0 heterocycles. The van der Waals surface area contributed by atoms with E-state index in [1.54, 1.807) is 43.4 Å². The second kappa shape index (κ2) is 9.85. The maximum absolute atomic E-state index is 12.7. The van der Waals surface area contributed by atoms with Gasteiger partial charge in [0.1, 0.15) is 5.75 Å². The zero-order valence-corrected chi connectivity index (χ0v) is 17.0. The quantitative estimate of drug-likeness (QED) is 0.726. The number of hydrogen-bond donors (Lipinski definition) is 1. The monoisotopic (exact) mass is 406 g/mol. The largest absolute Gasteiger partial charge is 0.495 e. The van der Waals surface area contributed by atoms with Crippen molar-refractivity contribution in [2.45, 2.75) is 6.92 Å². The second-order valence-corrected chi connectivity index (χ2v) is 6.29. The summed E-state index contributed by atoms with van der Waals surface area (Å²) in [6.07, 6.45) is 0. The molecule has 0 aromatic heterocycles. The molecule has 0 spiro atoms. The van der Waals surface area contributed by atoms with Crippen LogP contribution in [-0.4, -0.2) is 51.1 Å². The Morgan fingerprint density at radius 3 is 2.36 bits per heavy atom. The molecular weight excluding hydrogens is 384 g/mol. The van der Waals surface area contributed by atoms with Crippen molar-refractivity contribution in [2.24, 2.45) is 0 Å². The number of halogens is 1. The van der Waals surface area contributed by atoms with Crippen LogP contribution >= 0.6 is 11.6 Å². The van der Waals surface area contributed by atoms with E-state index in [4.69, 9.17) is 25.8 Å². The fourth-order valence-corrected chi connectivity index (χ4v) is 2.72. The highest BCUT2D eigenvalue weighted by molar-refractivity contribution is 6.31. The standard InChI is InChI=1S/C20H23ClN2O5/c1-5-28-17-8-6-13(10-18(17)27-4)20(25)23(2)12-19(24)22-15-11-14(21)7-9-16(15)26-3/h6-11H,5,12H2,1-4H3,(H,22,24). The fraction of sp³-hybridized carbons (Fsp3) is 0.300. The Bertz CT molecular complexity index is 856. The summed E-state index contributed by atoms with van der Waals surface area (Å²) < 4.78 is 15.9. The first-order valence-corrected chi connectivity index (χ1v) is 8.97. The first kappa shape index (κ1) is 21.4. The number of hydrogen-bond acceptors (Lipinski definition) is 5. The maximum atomic E-state index is 12.7. The third kappa shape index (κ3) is 5.29. The van der Waals surface area contributed by atoms with Crippen molar-refractivity contribution in [3.63, 3.8) is 0 Å². The molecule has 0 aliphatic carbocycles. The molecule has 2 rings (SSSR count). The summed E-state index contributed by atoms with van der Waals surface area (Å²) in [5.41, 5.74) is 0.819. The molecule has 2 aromatic carbocycles. The summed E-state index contributed by atoms with van der Waals surface area (Å²) in [6, 6.07) is 9.77. The number of carbonyl (C=O) groups excluding carboxylic acids is 2. The molecule has 0 saturated carbocycles. The van der Waals surface area contributed by atoms with Gasteiger partial charge in [0.05, 0.1) is 33.1 Å². The molecule has 2 amide bonds. The minimum absolute atomic E-state index is 0.149. The maximum Gasteiger partial charge on any atom is 0.254 e. The van der Waals surface area contributed by atoms with E-state index in [-0.39, 0.29) is 18.4 Å². The van der Waals surface area contributed by atoms with Gasteiger partial charge in [-0.25, -0.2) is 0 Å². The molecule has 1 N–H and O–H groups in total. The van der Waals surface area contributed by atoms with Crippen LogP contribution in [0.25, 0.3) is 0 Å². The first-order chi connectivity index (χ1) is 13.4. The summed E-state index contributed by atoms with van der Waals surface area (Å²) >= 11 is 5.96. The van der Waals surface area contributed by atoms with Gasteiger partial charge in [0.25, 0.3) is 5.91 Å². The number of anilines is 1. The Balaban J connectivity index is 2.08. The van der Waals surface area contributed by atoms with E-state index in [0.29, 0.717) is 40.1 Å². The van der Waals surface area contributed by atoms with Crippen molar-refractivity contribution in [3.8, 4) is 17.2 Å². The summed E-state index contributed by atoms with van der Waals surface area (Å²) in [4.78, 5) is 26.3. The first-order valence-electron chi connectivity index (χ1n) is 8.59. The van der Waals surface area contributed by atoms with Crippen LogP contribution in [0.4, 0.5) is 5.69 Å². The van der Waals surface area contributed by atoms with Crippen LogP contribution in [-0.2, 0) is 4.79 Å². The molecule has 8 heteroatoms. The predicted octanol–water partition coefficient (Wildman–Crippen LogP) is 3.47. The molecule has 0 fully saturated rings. The Kier molecular flexibility index (Phi) is 7.52. The van der Waals surface area contributed by atoms with Crippen molar-refractivity contribution in [2.75, 3.05) is 39.7 Å². The molecule has 28 heavy (non-hydrogen) atoms. The molecule has 0 aliphatic rings. The molecule has 2 aromatic rings. The highest BCUT2D eigenvalue weighted by Gasteiger charge is 2.18. The zero-order chi connectivity index (χ0) is 20.7. The average molecular weight is 407 g/mol. The highest BCUT2D eigenvalue weighted by Crippen LogP contribution is 2.29. The number of likely N-dealkylation sites (N-methyl/N-ethyl adjacent to an activating group) is 1. The Labute approximate surface area is 169 Å². The van der Waals surface area contributed by atoms with Gasteiger partial charge in [-0.1, -0.05) is 11.6 Å². The Hall–Kier alpha value is -2.93. The lowest BCUT2D eigenvalue weighted by Crippen LogP contribution is -2.35. The molecular formula is C20H23ClN2O5. The summed E-state index contributed by atoms with van der Waals surface area (Å²) in [5, 5.41) is 3.16. The number of ether oxygens (including phenoxy) is 3. The van der Waals surface area contributed by atoms with Gasteiger partial charge in [0.15, 0.2) is 11.5 Å². The minimum atomic E-state index is -0.380. The third-order valence-corrected chi connectivity index (χ3v) is 4.11. The van der Waals surface area contributed by atoms with E-state index in [1.807, 2.05) is 6.92 Å². The molecule has 0 saturated heterocycles. The molecule has 0 bridgehead atoms. The number of amides is 2. The van der Waals surface area contributed by atoms with Gasteiger partial charge in [0.2, 0.25) is 5.91 Å². The van der Waals surface area contributed by atoms with Crippen LogP contribution in [0.5, 0.6) is 17.2 Å². The number of benzene rings is 2. The SMILES string of the molecule is CCOc1ccc(C(=O)N(C)CC(=O)Nc2cc(Cl)ccc2OC)cc1OC. The highest BCUT2D eigenvalue weighted by atomic mass is 35.5. The number of rotatable bonds is 8. The number of nitrogens with zero attached hydrogens (tertiary/aromatic N) is 1. The van der Waals surface area contributed by atoms with Gasteiger partial charge in [-0.15, -0.1) is 0 Å². The van der Waals surface area contributed by atoms with Crippen molar-refractivity contribution in [3.05, 3.63) is 47.0 Å². The van der Waals surface area contributed by atoms with Gasteiger partial charge < -0.3 is 24.4 Å². The topological polar surface area (TPSA) is 77.1 Å². The van der Waals surface area contributed by atoms with E-state index in [2.05, 4.69) is 5.32 Å². The smallest absolute Gasteiger partial charge is 0.254 e. The van der Waals surface area contributed by atoms with E-state index in [9.17, 15) is 9.59 Å². The third-order valence-electron chi connectivity index (χ3n) is 3.87. The van der Waals surface area contributed by atoms with Crippen LogP contribution < -0.4 is 19.5 Å². The number of nitrogens with one attached hydrogen (secondary N) is 1. The van der Waals surface area contributed by atoms with Crippen LogP contribution in [0.15, 0.2) is 36.4 Å². The van der Waals surface area contributed by atoms with Gasteiger partial charge >= 0.3 is 0 Å². The summed E-state index contributed by atoms with van der Waals surface area (Å²) in [6.45, 7) is 2.19. The number of carbonyl (C=O) groups is 2. The van der Waals surface area contributed by atoms with Crippen molar-refractivity contribution < 1.29 is 23.8 Å². The van der Waals surface area contributed by atoms with E-state index < -0.39 is 0 Å². The van der Waals surface area contributed by atoms with Crippen LogP contribution in [0.1, 0.15) is 17.3 Å². The van der Waals surface area contributed by atoms with E-state index >= 15 is 0 Å². The van der Waals surface area contributed by atoms with Crippen molar-refractivity contribution in [1.82, 2.24) is 4.90 Å². The fourth-order valence-electron chi connectivity index (χ4n) is 2.55. The average Bonchev–Trinajstić information content (AvgIpc) is 2.68. The molecule has 0 atom stereocenters. The van der Waals surface area contributed by atoms with Crippen molar-refractivity contribution >= 4 is 29.1 Å². The van der Waals surface area contributed by atoms with Crippen LogP contribution in [0.3, 0.4) is 0 Å². The van der Waals surface area contributed by atoms with Gasteiger partial charge in [-0.05, 0) is 43.3 Å². The molecule has 150 valence electrons. The molecule has 0 unspecified atom stereocenters. The molecule has 7 nitrogen and oxygen atoms in total. The normalized spacial score (nSPS) is 10.2. The lowest BCUT2D eigenvalue weighted by molar-refractivity contribution is -0.116. The predicted molar refractivity (Wildman–Crippen MR) is 108 cm³/mol. The van der Waals surface area contributed by atoms with Gasteiger partial charge in [0, 0.05) is 17.6 Å². The van der Waals surface area contributed by atoms with Gasteiger partial charge in [-0.3, -0.25) is 9.59 Å². The lowest BCUT2D eigenvalue weighted by Gasteiger charge is -2.18. The Morgan fingerprint density at radius 1 is 1.04 bits per heavy atom. The van der Waals surface area contributed by atoms with E-state index in [1.165, 1.54) is 19.1 Å². The van der Waals surface area contributed by atoms with Crippen LogP contribution in [0, 0.1) is 0 Å². The molecule has 0 aliphatic heterocycles.